The first kappa shape index (κ1) is 24.3. The number of thioether (sulfide) groups is 1. The lowest BCUT2D eigenvalue weighted by molar-refractivity contribution is -0.113. The van der Waals surface area contributed by atoms with Crippen LogP contribution in [0.15, 0.2) is 58.6 Å². The van der Waals surface area contributed by atoms with E-state index in [0.717, 1.165) is 11.1 Å². The Balaban J connectivity index is 1.60. The van der Waals surface area contributed by atoms with Crippen LogP contribution < -0.4 is 20.3 Å². The van der Waals surface area contributed by atoms with Gasteiger partial charge in [-0.25, -0.2) is 4.98 Å². The van der Waals surface area contributed by atoms with Gasteiger partial charge in [0.15, 0.2) is 10.7 Å². The van der Waals surface area contributed by atoms with Gasteiger partial charge in [-0.05, 0) is 31.5 Å². The van der Waals surface area contributed by atoms with E-state index in [1.165, 1.54) is 18.9 Å². The number of aromatic nitrogens is 4. The zero-order valence-electron chi connectivity index (χ0n) is 20.1. The summed E-state index contributed by atoms with van der Waals surface area (Å²) in [6, 6.07) is 13.1. The smallest absolute Gasteiger partial charge is 0.282 e. The number of methoxy groups -OCH3 is 2. The molecule has 0 aliphatic heterocycles. The second-order valence-electron chi connectivity index (χ2n) is 7.89. The van der Waals surface area contributed by atoms with E-state index in [1.54, 1.807) is 40.8 Å². The monoisotopic (exact) mass is 493 g/mol. The number of hydrogen-bond donors (Lipinski definition) is 1. The third-order valence-electron chi connectivity index (χ3n) is 5.44. The number of nitrogens with one attached hydrogen (secondary N) is 1. The minimum Gasteiger partial charge on any atom is -0.497 e. The van der Waals surface area contributed by atoms with Crippen LogP contribution in [0, 0.1) is 6.92 Å². The maximum absolute atomic E-state index is 13.3. The lowest BCUT2D eigenvalue weighted by Crippen LogP contribution is -2.25. The summed E-state index contributed by atoms with van der Waals surface area (Å²) in [7, 11) is 3.09. The molecule has 2 aromatic heterocycles. The molecule has 0 radical (unpaired) electrons. The van der Waals surface area contributed by atoms with Gasteiger partial charge < -0.3 is 14.8 Å². The standard InChI is InChI=1S/C25H27N5O4S/c1-5-29-14-20-23(28-29)24(32)30(13-17-8-6-16(2)7-9-17)25(27-20)35-15-22(31)26-19-11-10-18(33-3)12-21(19)34-4/h6-12,14H,5,13,15H2,1-4H3,(H,26,31). The van der Waals surface area contributed by atoms with Crippen molar-refractivity contribution in [1.82, 2.24) is 19.3 Å². The van der Waals surface area contributed by atoms with Crippen molar-refractivity contribution >= 4 is 34.4 Å². The van der Waals surface area contributed by atoms with Gasteiger partial charge in [0.05, 0.1) is 38.4 Å². The van der Waals surface area contributed by atoms with Crippen molar-refractivity contribution in [1.29, 1.82) is 0 Å². The van der Waals surface area contributed by atoms with Gasteiger partial charge in [-0.15, -0.1) is 0 Å². The highest BCUT2D eigenvalue weighted by Gasteiger charge is 2.17. The average Bonchev–Trinajstić information content (AvgIpc) is 3.29. The fourth-order valence-corrected chi connectivity index (χ4v) is 4.33. The number of benzene rings is 2. The number of fused-ring (bicyclic) bond motifs is 1. The molecule has 0 atom stereocenters. The summed E-state index contributed by atoms with van der Waals surface area (Å²) in [6.07, 6.45) is 1.75. The normalized spacial score (nSPS) is 11.0. The largest absolute Gasteiger partial charge is 0.497 e. The Morgan fingerprint density at radius 3 is 2.57 bits per heavy atom. The number of aryl methyl sites for hydroxylation is 2. The van der Waals surface area contributed by atoms with Gasteiger partial charge in [0, 0.05) is 12.6 Å². The summed E-state index contributed by atoms with van der Waals surface area (Å²) in [6.45, 7) is 4.92. The molecule has 0 bridgehead atoms. The Labute approximate surface area is 207 Å². The number of hydrogen-bond acceptors (Lipinski definition) is 7. The van der Waals surface area contributed by atoms with E-state index in [4.69, 9.17) is 9.47 Å². The Bertz CT molecular complexity index is 1410. The maximum Gasteiger partial charge on any atom is 0.282 e. The minimum absolute atomic E-state index is 0.0585. The Morgan fingerprint density at radius 1 is 1.11 bits per heavy atom. The highest BCUT2D eigenvalue weighted by Crippen LogP contribution is 2.29. The second-order valence-corrected chi connectivity index (χ2v) is 8.84. The molecule has 0 unspecified atom stereocenters. The zero-order valence-corrected chi connectivity index (χ0v) is 20.9. The van der Waals surface area contributed by atoms with Gasteiger partial charge in [-0.1, -0.05) is 41.6 Å². The summed E-state index contributed by atoms with van der Waals surface area (Å²) in [4.78, 5) is 30.8. The number of anilines is 1. The maximum atomic E-state index is 13.3. The number of carbonyl (C=O) groups excluding carboxylic acids is 1. The number of ether oxygens (including phenoxy) is 2. The molecule has 4 aromatic rings. The molecule has 4 rings (SSSR count). The predicted molar refractivity (Wildman–Crippen MR) is 137 cm³/mol. The summed E-state index contributed by atoms with van der Waals surface area (Å²) >= 11 is 1.20. The van der Waals surface area contributed by atoms with Crippen molar-refractivity contribution in [2.45, 2.75) is 32.1 Å². The molecule has 0 saturated heterocycles. The minimum atomic E-state index is -0.251. The first-order chi connectivity index (χ1) is 16.9. The molecule has 0 spiro atoms. The number of amides is 1. The topological polar surface area (TPSA) is 100 Å². The highest BCUT2D eigenvalue weighted by atomic mass is 32.2. The van der Waals surface area contributed by atoms with Crippen molar-refractivity contribution in [3.8, 4) is 11.5 Å². The molecule has 1 N–H and O–H groups in total. The molecular weight excluding hydrogens is 466 g/mol. The first-order valence-electron chi connectivity index (χ1n) is 11.1. The van der Waals surface area contributed by atoms with Gasteiger partial charge in [-0.3, -0.25) is 18.8 Å². The molecule has 0 fully saturated rings. The van der Waals surface area contributed by atoms with E-state index in [2.05, 4.69) is 15.4 Å². The van der Waals surface area contributed by atoms with Crippen molar-refractivity contribution in [2.24, 2.45) is 0 Å². The van der Waals surface area contributed by atoms with Crippen molar-refractivity contribution in [3.63, 3.8) is 0 Å². The van der Waals surface area contributed by atoms with Gasteiger partial charge >= 0.3 is 0 Å². The number of rotatable bonds is 9. The number of nitrogens with zero attached hydrogens (tertiary/aromatic N) is 4. The SMILES string of the molecule is CCn1cc2nc(SCC(=O)Nc3ccc(OC)cc3OC)n(Cc3ccc(C)cc3)c(=O)c2n1. The summed E-state index contributed by atoms with van der Waals surface area (Å²) in [5, 5.41) is 7.69. The third kappa shape index (κ3) is 5.48. The van der Waals surface area contributed by atoms with E-state index in [9.17, 15) is 9.59 Å². The van der Waals surface area contributed by atoms with Crippen LogP contribution in [-0.4, -0.2) is 45.2 Å². The van der Waals surface area contributed by atoms with Crippen LogP contribution in [-0.2, 0) is 17.9 Å². The highest BCUT2D eigenvalue weighted by molar-refractivity contribution is 7.99. The van der Waals surface area contributed by atoms with Gasteiger partial charge in [0.25, 0.3) is 5.56 Å². The van der Waals surface area contributed by atoms with Crippen LogP contribution in [0.2, 0.25) is 0 Å². The van der Waals surface area contributed by atoms with E-state index in [0.29, 0.717) is 46.5 Å². The molecule has 0 saturated carbocycles. The summed E-state index contributed by atoms with van der Waals surface area (Å²) in [5.74, 6) is 0.923. The Kier molecular flexibility index (Phi) is 7.40. The van der Waals surface area contributed by atoms with Crippen molar-refractivity contribution < 1.29 is 14.3 Å². The van der Waals surface area contributed by atoms with E-state index in [1.807, 2.05) is 38.1 Å². The second kappa shape index (κ2) is 10.6. The summed E-state index contributed by atoms with van der Waals surface area (Å²) in [5.41, 5.74) is 3.22. The Hall–Kier alpha value is -3.79. The zero-order chi connectivity index (χ0) is 24.9. The van der Waals surface area contributed by atoms with E-state index < -0.39 is 0 Å². The number of carbonyl (C=O) groups is 1. The lowest BCUT2D eigenvalue weighted by atomic mass is 10.1. The third-order valence-corrected chi connectivity index (χ3v) is 6.41. The van der Waals surface area contributed by atoms with Crippen LogP contribution in [0.1, 0.15) is 18.1 Å². The molecular formula is C25H27N5O4S. The summed E-state index contributed by atoms with van der Waals surface area (Å²) < 4.78 is 13.8. The molecule has 1 amide bonds. The van der Waals surface area contributed by atoms with Gasteiger partial charge in [0.1, 0.15) is 17.0 Å². The van der Waals surface area contributed by atoms with E-state index >= 15 is 0 Å². The first-order valence-corrected chi connectivity index (χ1v) is 12.1. The van der Waals surface area contributed by atoms with Crippen molar-refractivity contribution in [2.75, 3.05) is 25.3 Å². The molecule has 2 aromatic carbocycles. The fourth-order valence-electron chi connectivity index (χ4n) is 3.53. The molecule has 0 aliphatic carbocycles. The van der Waals surface area contributed by atoms with Gasteiger partial charge in [-0.2, -0.15) is 5.10 Å². The van der Waals surface area contributed by atoms with Crippen LogP contribution in [0.4, 0.5) is 5.69 Å². The van der Waals surface area contributed by atoms with Crippen LogP contribution >= 0.6 is 11.8 Å². The molecule has 10 heteroatoms. The van der Waals surface area contributed by atoms with Gasteiger partial charge in [0.2, 0.25) is 5.91 Å². The fraction of sp³-hybridized carbons (Fsp3) is 0.280. The molecule has 0 aliphatic rings. The Morgan fingerprint density at radius 2 is 1.89 bits per heavy atom. The predicted octanol–water partition coefficient (Wildman–Crippen LogP) is 3.72. The quantitative estimate of drug-likeness (QED) is 0.280. The van der Waals surface area contributed by atoms with E-state index in [-0.39, 0.29) is 17.2 Å². The lowest BCUT2D eigenvalue weighted by Gasteiger charge is -2.13. The molecule has 182 valence electrons. The van der Waals surface area contributed by atoms with Crippen molar-refractivity contribution in [3.05, 3.63) is 70.1 Å². The molecule has 9 nitrogen and oxygen atoms in total. The molecule has 35 heavy (non-hydrogen) atoms. The van der Waals surface area contributed by atoms with Crippen LogP contribution in [0.3, 0.4) is 0 Å². The molecule has 2 heterocycles. The van der Waals surface area contributed by atoms with Crippen LogP contribution in [0.25, 0.3) is 11.0 Å². The van der Waals surface area contributed by atoms with Crippen LogP contribution in [0.5, 0.6) is 11.5 Å². The average molecular weight is 494 g/mol.